The Bertz CT molecular complexity index is 244. The van der Waals surface area contributed by atoms with Crippen LogP contribution in [0.4, 0.5) is 0 Å². The summed E-state index contributed by atoms with van der Waals surface area (Å²) in [5.74, 6) is 0.133. The smallest absolute Gasteiger partial charge is 0.237 e. The van der Waals surface area contributed by atoms with E-state index in [2.05, 4.69) is 17.1 Å². The molecule has 4 nitrogen and oxygen atoms in total. The van der Waals surface area contributed by atoms with E-state index in [1.807, 2.05) is 6.92 Å². The van der Waals surface area contributed by atoms with Crippen LogP contribution in [0.5, 0.6) is 0 Å². The molecular formula is C14H28N2O2. The van der Waals surface area contributed by atoms with Crippen molar-refractivity contribution < 1.29 is 9.90 Å². The van der Waals surface area contributed by atoms with Crippen LogP contribution in [-0.2, 0) is 4.79 Å². The molecule has 0 aromatic rings. The predicted octanol–water partition coefficient (Wildman–Crippen LogP) is 1.53. The number of hydrogen-bond donors (Lipinski definition) is 2. The first-order valence-electron chi connectivity index (χ1n) is 7.35. The summed E-state index contributed by atoms with van der Waals surface area (Å²) in [6.07, 6.45) is 6.41. The van der Waals surface area contributed by atoms with Crippen LogP contribution in [-0.4, -0.2) is 47.7 Å². The molecule has 1 aliphatic heterocycles. The summed E-state index contributed by atoms with van der Waals surface area (Å²) in [4.78, 5) is 14.3. The molecule has 1 amide bonds. The first-order chi connectivity index (χ1) is 8.70. The number of carbonyl (C=O) groups excluding carboxylic acids is 1. The second-order valence-electron chi connectivity index (χ2n) is 5.22. The Morgan fingerprint density at radius 2 is 2.28 bits per heavy atom. The Morgan fingerprint density at radius 3 is 2.94 bits per heavy atom. The monoisotopic (exact) mass is 256 g/mol. The van der Waals surface area contributed by atoms with E-state index in [9.17, 15) is 4.79 Å². The Hall–Kier alpha value is -0.610. The number of piperidine rings is 1. The van der Waals surface area contributed by atoms with Gasteiger partial charge in [-0.25, -0.2) is 0 Å². The lowest BCUT2D eigenvalue weighted by molar-refractivity contribution is -0.127. The molecule has 18 heavy (non-hydrogen) atoms. The molecule has 4 heteroatoms. The number of unbranched alkanes of at least 4 members (excludes halogenated alkanes) is 1. The quantitative estimate of drug-likeness (QED) is 0.679. The first kappa shape index (κ1) is 15.4. The van der Waals surface area contributed by atoms with Gasteiger partial charge in [0.05, 0.1) is 6.04 Å². The minimum absolute atomic E-state index is 0.0706. The van der Waals surface area contributed by atoms with Crippen LogP contribution in [0.2, 0.25) is 0 Å². The summed E-state index contributed by atoms with van der Waals surface area (Å²) in [5, 5.41) is 12.1. The van der Waals surface area contributed by atoms with Gasteiger partial charge in [-0.1, -0.05) is 19.8 Å². The van der Waals surface area contributed by atoms with Gasteiger partial charge in [0.2, 0.25) is 5.91 Å². The molecule has 2 unspecified atom stereocenters. The number of rotatable bonds is 7. The van der Waals surface area contributed by atoms with Crippen molar-refractivity contribution in [3.05, 3.63) is 0 Å². The Morgan fingerprint density at radius 1 is 1.50 bits per heavy atom. The van der Waals surface area contributed by atoms with E-state index in [1.165, 1.54) is 6.42 Å². The third kappa shape index (κ3) is 4.58. The summed E-state index contributed by atoms with van der Waals surface area (Å²) >= 11 is 0. The zero-order valence-corrected chi connectivity index (χ0v) is 11.8. The maximum Gasteiger partial charge on any atom is 0.237 e. The van der Waals surface area contributed by atoms with E-state index in [1.54, 1.807) is 0 Å². The average molecular weight is 256 g/mol. The number of nitrogens with zero attached hydrogens (tertiary/aromatic N) is 1. The van der Waals surface area contributed by atoms with Crippen LogP contribution in [0, 0.1) is 0 Å². The molecule has 106 valence electrons. The summed E-state index contributed by atoms with van der Waals surface area (Å²) in [6.45, 7) is 6.07. The number of likely N-dealkylation sites (tertiary alicyclic amines) is 1. The van der Waals surface area contributed by atoms with Crippen molar-refractivity contribution in [1.29, 1.82) is 0 Å². The summed E-state index contributed by atoms with van der Waals surface area (Å²) in [5.41, 5.74) is 0. The van der Waals surface area contributed by atoms with Crippen molar-refractivity contribution in [2.75, 3.05) is 19.7 Å². The molecule has 0 aromatic carbocycles. The van der Waals surface area contributed by atoms with Gasteiger partial charge >= 0.3 is 0 Å². The number of aliphatic hydroxyl groups excluding tert-OH is 1. The standard InChI is InChI=1S/C14H28N2O2/c1-3-4-9-15-14(18)12(2)16-10-6-5-7-13(16)8-11-17/h12-13,17H,3-11H2,1-2H3,(H,15,18). The second-order valence-corrected chi connectivity index (χ2v) is 5.22. The zero-order valence-electron chi connectivity index (χ0n) is 11.8. The van der Waals surface area contributed by atoms with Crippen LogP contribution >= 0.6 is 0 Å². The second kappa shape index (κ2) is 8.48. The van der Waals surface area contributed by atoms with Crippen LogP contribution in [0.25, 0.3) is 0 Å². The predicted molar refractivity (Wildman–Crippen MR) is 73.4 cm³/mol. The minimum Gasteiger partial charge on any atom is -0.396 e. The van der Waals surface area contributed by atoms with Crippen molar-refractivity contribution in [3.63, 3.8) is 0 Å². The molecule has 0 bridgehead atoms. The lowest BCUT2D eigenvalue weighted by atomic mass is 9.97. The molecule has 1 saturated heterocycles. The van der Waals surface area contributed by atoms with Gasteiger partial charge in [0.1, 0.15) is 0 Å². The fourth-order valence-corrected chi connectivity index (χ4v) is 2.68. The van der Waals surface area contributed by atoms with Crippen molar-refractivity contribution in [2.24, 2.45) is 0 Å². The van der Waals surface area contributed by atoms with E-state index in [0.717, 1.165) is 45.2 Å². The van der Waals surface area contributed by atoms with E-state index in [4.69, 9.17) is 5.11 Å². The van der Waals surface area contributed by atoms with Crippen LogP contribution in [0.15, 0.2) is 0 Å². The molecule has 0 spiro atoms. The number of nitrogens with one attached hydrogen (secondary N) is 1. The maximum atomic E-state index is 12.1. The SMILES string of the molecule is CCCCNC(=O)C(C)N1CCCCC1CCO. The minimum atomic E-state index is -0.0706. The highest BCUT2D eigenvalue weighted by Crippen LogP contribution is 2.21. The normalized spacial score (nSPS) is 22.7. The van der Waals surface area contributed by atoms with Gasteiger partial charge in [0.15, 0.2) is 0 Å². The van der Waals surface area contributed by atoms with Gasteiger partial charge in [0.25, 0.3) is 0 Å². The highest BCUT2D eigenvalue weighted by molar-refractivity contribution is 5.81. The number of carbonyl (C=O) groups is 1. The van der Waals surface area contributed by atoms with E-state index >= 15 is 0 Å². The fourth-order valence-electron chi connectivity index (χ4n) is 2.68. The zero-order chi connectivity index (χ0) is 13.4. The van der Waals surface area contributed by atoms with E-state index in [0.29, 0.717) is 6.04 Å². The molecule has 0 saturated carbocycles. The Labute approximate surface area is 111 Å². The Kier molecular flexibility index (Phi) is 7.28. The highest BCUT2D eigenvalue weighted by Gasteiger charge is 2.29. The lowest BCUT2D eigenvalue weighted by Crippen LogP contribution is -2.52. The Balaban J connectivity index is 2.45. The van der Waals surface area contributed by atoms with Gasteiger partial charge in [-0.2, -0.15) is 0 Å². The number of hydrogen-bond acceptors (Lipinski definition) is 3. The van der Waals surface area contributed by atoms with E-state index < -0.39 is 0 Å². The third-order valence-electron chi connectivity index (χ3n) is 3.84. The topological polar surface area (TPSA) is 52.6 Å². The molecule has 1 heterocycles. The molecule has 1 rings (SSSR count). The van der Waals surface area contributed by atoms with Gasteiger partial charge in [-0.3, -0.25) is 9.69 Å². The van der Waals surface area contributed by atoms with Crippen molar-refractivity contribution >= 4 is 5.91 Å². The number of amides is 1. The summed E-state index contributed by atoms with van der Waals surface area (Å²) in [6, 6.07) is 0.300. The third-order valence-corrected chi connectivity index (χ3v) is 3.84. The van der Waals surface area contributed by atoms with Gasteiger partial charge < -0.3 is 10.4 Å². The van der Waals surface area contributed by atoms with Crippen LogP contribution < -0.4 is 5.32 Å². The first-order valence-corrected chi connectivity index (χ1v) is 7.35. The van der Waals surface area contributed by atoms with Gasteiger partial charge in [0, 0.05) is 19.2 Å². The van der Waals surface area contributed by atoms with E-state index in [-0.39, 0.29) is 18.6 Å². The fraction of sp³-hybridized carbons (Fsp3) is 0.929. The molecule has 1 aliphatic rings. The molecule has 2 atom stereocenters. The number of aliphatic hydroxyl groups is 1. The van der Waals surface area contributed by atoms with Gasteiger partial charge in [-0.05, 0) is 39.2 Å². The van der Waals surface area contributed by atoms with Gasteiger partial charge in [-0.15, -0.1) is 0 Å². The largest absolute Gasteiger partial charge is 0.396 e. The van der Waals surface area contributed by atoms with Crippen molar-refractivity contribution in [2.45, 2.75) is 64.5 Å². The molecule has 0 aliphatic carbocycles. The highest BCUT2D eigenvalue weighted by atomic mass is 16.3. The summed E-state index contributed by atoms with van der Waals surface area (Å²) < 4.78 is 0. The molecular weight excluding hydrogens is 228 g/mol. The lowest BCUT2D eigenvalue weighted by Gasteiger charge is -2.39. The van der Waals surface area contributed by atoms with Crippen LogP contribution in [0.3, 0.4) is 0 Å². The molecule has 1 fully saturated rings. The van der Waals surface area contributed by atoms with Crippen molar-refractivity contribution in [3.8, 4) is 0 Å². The maximum absolute atomic E-state index is 12.1. The molecule has 0 radical (unpaired) electrons. The summed E-state index contributed by atoms with van der Waals surface area (Å²) in [7, 11) is 0. The molecule has 0 aromatic heterocycles. The van der Waals surface area contributed by atoms with Crippen LogP contribution in [0.1, 0.15) is 52.4 Å². The average Bonchev–Trinajstić information content (AvgIpc) is 2.39. The molecule has 2 N–H and O–H groups in total. The van der Waals surface area contributed by atoms with Crippen molar-refractivity contribution in [1.82, 2.24) is 10.2 Å².